The van der Waals surface area contributed by atoms with Crippen LogP contribution in [0.2, 0.25) is 0 Å². The zero-order valence-electron chi connectivity index (χ0n) is 13.0. The molecule has 1 heterocycles. The average molecular weight is 366 g/mol. The quantitative estimate of drug-likeness (QED) is 0.798. The van der Waals surface area contributed by atoms with E-state index in [-0.39, 0.29) is 0 Å². The van der Waals surface area contributed by atoms with Crippen molar-refractivity contribution in [2.45, 2.75) is 50.7 Å². The molecule has 0 unspecified atom stereocenters. The smallest absolute Gasteiger partial charge is 0.148 e. The Morgan fingerprint density at radius 1 is 1.23 bits per heavy atom. The number of ether oxygens (including phenoxy) is 1. The molecule has 120 valence electrons. The second-order valence-corrected chi connectivity index (χ2v) is 7.22. The fourth-order valence-corrected chi connectivity index (χ4v) is 4.13. The fraction of sp³-hybridized carbons (Fsp3) is 0.611. The third-order valence-electron chi connectivity index (χ3n) is 4.86. The maximum Gasteiger partial charge on any atom is 0.148 e. The van der Waals surface area contributed by atoms with Gasteiger partial charge in [0.05, 0.1) is 19.3 Å². The summed E-state index contributed by atoms with van der Waals surface area (Å²) >= 11 is 3.59. The van der Waals surface area contributed by atoms with Gasteiger partial charge < -0.3 is 4.74 Å². The molecule has 3 nitrogen and oxygen atoms in total. The highest BCUT2D eigenvalue weighted by Crippen LogP contribution is 2.28. The van der Waals surface area contributed by atoms with Crippen LogP contribution in [0.5, 0.6) is 0 Å². The second kappa shape index (κ2) is 7.71. The van der Waals surface area contributed by atoms with Crippen molar-refractivity contribution in [3.8, 4) is 0 Å². The first kappa shape index (κ1) is 16.2. The number of likely N-dealkylation sites (tertiary alicyclic amines) is 1. The number of rotatable bonds is 5. The summed E-state index contributed by atoms with van der Waals surface area (Å²) in [4.78, 5) is 13.9. The second-order valence-electron chi connectivity index (χ2n) is 6.36. The molecular formula is C18H24BrNO2. The minimum atomic E-state index is 0.294. The first-order valence-electron chi connectivity index (χ1n) is 8.35. The summed E-state index contributed by atoms with van der Waals surface area (Å²) in [6, 6.07) is 8.77. The number of carbonyl (C=O) groups is 1. The lowest BCUT2D eigenvalue weighted by Crippen LogP contribution is -2.45. The van der Waals surface area contributed by atoms with Gasteiger partial charge in [-0.2, -0.15) is 0 Å². The van der Waals surface area contributed by atoms with Crippen LogP contribution in [-0.2, 0) is 16.0 Å². The molecule has 0 radical (unpaired) electrons. The standard InChI is InChI=1S/C18H24BrNO2/c19-16-6-2-1-5-14(16)10-12-22-18-8-4-3-7-17(18)20-11-9-15(21)13-20/h1-2,5-6,17-18H,3-4,7-13H2/t17-,18-/m1/s1. The lowest BCUT2D eigenvalue weighted by molar-refractivity contribution is -0.117. The number of benzene rings is 1. The Kier molecular flexibility index (Phi) is 5.66. The van der Waals surface area contributed by atoms with Crippen molar-refractivity contribution in [2.75, 3.05) is 19.7 Å². The molecule has 1 aromatic rings. The Balaban J connectivity index is 1.53. The Morgan fingerprint density at radius 2 is 2.05 bits per heavy atom. The highest BCUT2D eigenvalue weighted by atomic mass is 79.9. The highest BCUT2D eigenvalue weighted by Gasteiger charge is 2.34. The van der Waals surface area contributed by atoms with Crippen LogP contribution in [0, 0.1) is 0 Å². The molecule has 0 spiro atoms. The van der Waals surface area contributed by atoms with Gasteiger partial charge >= 0.3 is 0 Å². The van der Waals surface area contributed by atoms with Crippen LogP contribution in [0.1, 0.15) is 37.7 Å². The van der Waals surface area contributed by atoms with Crippen molar-refractivity contribution in [3.63, 3.8) is 0 Å². The number of carbonyl (C=O) groups excluding carboxylic acids is 1. The SMILES string of the molecule is O=C1CCN([C@@H]2CCCC[C@H]2OCCc2ccccc2Br)C1. The predicted octanol–water partition coefficient (Wildman–Crippen LogP) is 3.59. The number of nitrogens with zero attached hydrogens (tertiary/aromatic N) is 1. The van der Waals surface area contributed by atoms with Crippen molar-refractivity contribution in [1.82, 2.24) is 4.90 Å². The van der Waals surface area contributed by atoms with Crippen molar-refractivity contribution in [3.05, 3.63) is 34.3 Å². The molecule has 3 rings (SSSR count). The van der Waals surface area contributed by atoms with E-state index in [9.17, 15) is 4.79 Å². The van der Waals surface area contributed by atoms with Crippen LogP contribution in [0.4, 0.5) is 0 Å². The molecule has 22 heavy (non-hydrogen) atoms. The van der Waals surface area contributed by atoms with Crippen molar-refractivity contribution in [2.24, 2.45) is 0 Å². The van der Waals surface area contributed by atoms with Gasteiger partial charge in [-0.1, -0.05) is 47.0 Å². The van der Waals surface area contributed by atoms with Gasteiger partial charge in [-0.05, 0) is 30.9 Å². The van der Waals surface area contributed by atoms with Gasteiger partial charge in [0, 0.05) is 23.5 Å². The Bertz CT molecular complexity index is 520. The molecule has 2 aliphatic rings. The third-order valence-corrected chi connectivity index (χ3v) is 5.63. The van der Waals surface area contributed by atoms with Crippen molar-refractivity contribution < 1.29 is 9.53 Å². The number of hydrogen-bond donors (Lipinski definition) is 0. The van der Waals surface area contributed by atoms with E-state index >= 15 is 0 Å². The third kappa shape index (κ3) is 3.98. The van der Waals surface area contributed by atoms with Gasteiger partial charge in [-0.3, -0.25) is 9.69 Å². The van der Waals surface area contributed by atoms with Crippen LogP contribution in [0.3, 0.4) is 0 Å². The topological polar surface area (TPSA) is 29.5 Å². The van der Waals surface area contributed by atoms with Gasteiger partial charge in [0.15, 0.2) is 0 Å². The zero-order chi connectivity index (χ0) is 15.4. The van der Waals surface area contributed by atoms with Crippen LogP contribution in [0.15, 0.2) is 28.7 Å². The maximum absolute atomic E-state index is 11.6. The van der Waals surface area contributed by atoms with Gasteiger partial charge in [0.1, 0.15) is 5.78 Å². The average Bonchev–Trinajstić information content (AvgIpc) is 2.96. The summed E-state index contributed by atoms with van der Waals surface area (Å²) in [5.74, 6) is 0.387. The summed E-state index contributed by atoms with van der Waals surface area (Å²) < 4.78 is 7.38. The van der Waals surface area contributed by atoms with Crippen molar-refractivity contribution in [1.29, 1.82) is 0 Å². The van der Waals surface area contributed by atoms with Crippen LogP contribution in [0.25, 0.3) is 0 Å². The lowest BCUT2D eigenvalue weighted by atomic mass is 9.91. The van der Waals surface area contributed by atoms with Gasteiger partial charge in [0.25, 0.3) is 0 Å². The van der Waals surface area contributed by atoms with E-state index in [4.69, 9.17) is 4.74 Å². The Labute approximate surface area is 141 Å². The van der Waals surface area contributed by atoms with E-state index in [1.165, 1.54) is 24.8 Å². The van der Waals surface area contributed by atoms with Gasteiger partial charge in [-0.15, -0.1) is 0 Å². The molecule has 2 atom stereocenters. The summed E-state index contributed by atoms with van der Waals surface area (Å²) in [5, 5.41) is 0. The molecule has 0 N–H and O–H groups in total. The van der Waals surface area contributed by atoms with E-state index in [1.54, 1.807) is 0 Å². The van der Waals surface area contributed by atoms with Crippen molar-refractivity contribution >= 4 is 21.7 Å². The van der Waals surface area contributed by atoms with Crippen LogP contribution in [-0.4, -0.2) is 42.5 Å². The number of halogens is 1. The van der Waals surface area contributed by atoms with E-state index in [2.05, 4.69) is 39.0 Å². The summed E-state index contributed by atoms with van der Waals surface area (Å²) in [5.41, 5.74) is 1.30. The normalized spacial score (nSPS) is 26.5. The summed E-state index contributed by atoms with van der Waals surface area (Å²) in [6.45, 7) is 2.31. The zero-order valence-corrected chi connectivity index (χ0v) is 14.6. The molecule has 1 aromatic carbocycles. The molecular weight excluding hydrogens is 342 g/mol. The molecule has 1 aliphatic carbocycles. The molecule has 1 saturated carbocycles. The lowest BCUT2D eigenvalue weighted by Gasteiger charge is -2.37. The number of ketones is 1. The largest absolute Gasteiger partial charge is 0.376 e. The monoisotopic (exact) mass is 365 g/mol. The fourth-order valence-electron chi connectivity index (χ4n) is 3.65. The summed E-state index contributed by atoms with van der Waals surface area (Å²) in [6.07, 6.45) is 6.77. The number of hydrogen-bond acceptors (Lipinski definition) is 3. The molecule has 0 amide bonds. The molecule has 0 bridgehead atoms. The van der Waals surface area contributed by atoms with Gasteiger partial charge in [-0.25, -0.2) is 0 Å². The predicted molar refractivity (Wildman–Crippen MR) is 91.0 cm³/mol. The minimum absolute atomic E-state index is 0.294. The minimum Gasteiger partial charge on any atom is -0.376 e. The van der Waals surface area contributed by atoms with E-state index in [0.29, 0.717) is 24.5 Å². The molecule has 4 heteroatoms. The molecule has 1 saturated heterocycles. The first-order valence-corrected chi connectivity index (χ1v) is 9.14. The summed E-state index contributed by atoms with van der Waals surface area (Å²) in [7, 11) is 0. The van der Waals surface area contributed by atoms with Crippen LogP contribution < -0.4 is 0 Å². The first-order chi connectivity index (χ1) is 10.7. The maximum atomic E-state index is 11.6. The van der Waals surface area contributed by atoms with Crippen LogP contribution >= 0.6 is 15.9 Å². The molecule has 0 aromatic heterocycles. The molecule has 2 fully saturated rings. The van der Waals surface area contributed by atoms with Gasteiger partial charge in [0.2, 0.25) is 0 Å². The van der Waals surface area contributed by atoms with E-state index in [1.807, 2.05) is 6.07 Å². The Hall–Kier alpha value is -0.710. The highest BCUT2D eigenvalue weighted by molar-refractivity contribution is 9.10. The molecule has 1 aliphatic heterocycles. The number of Topliss-reactive ketones (excluding diaryl/α,β-unsaturated/α-hetero) is 1. The Morgan fingerprint density at radius 3 is 2.82 bits per heavy atom. The van der Waals surface area contributed by atoms with E-state index < -0.39 is 0 Å². The van der Waals surface area contributed by atoms with E-state index in [0.717, 1.165) is 36.9 Å².